The lowest BCUT2D eigenvalue weighted by molar-refractivity contribution is 0.240. The minimum atomic E-state index is 0.829. The van der Waals surface area contributed by atoms with Crippen molar-refractivity contribution < 1.29 is 0 Å². The highest BCUT2D eigenvalue weighted by Crippen LogP contribution is 2.21. The number of likely N-dealkylation sites (tertiary alicyclic amines) is 1. The van der Waals surface area contributed by atoms with Crippen LogP contribution in [0.5, 0.6) is 0 Å². The topological polar surface area (TPSA) is 19.0 Å². The van der Waals surface area contributed by atoms with Crippen LogP contribution in [0.3, 0.4) is 0 Å². The molecule has 2 heterocycles. The third-order valence-corrected chi connectivity index (χ3v) is 3.02. The summed E-state index contributed by atoms with van der Waals surface area (Å²) in [5.74, 6) is 0. The summed E-state index contributed by atoms with van der Waals surface area (Å²) in [5, 5.41) is 0. The van der Waals surface area contributed by atoms with Gasteiger partial charge in [-0.1, -0.05) is 6.92 Å². The van der Waals surface area contributed by atoms with E-state index in [0.717, 1.165) is 12.6 Å². The first-order valence-electron chi connectivity index (χ1n) is 5.26. The number of H-pyrrole nitrogens is 1. The molecule has 1 aliphatic heterocycles. The zero-order valence-corrected chi connectivity index (χ0v) is 8.29. The fourth-order valence-electron chi connectivity index (χ4n) is 2.26. The number of aromatic nitrogens is 1. The fraction of sp³-hybridized carbons (Fsp3) is 0.636. The molecule has 0 saturated carbocycles. The van der Waals surface area contributed by atoms with Gasteiger partial charge in [-0.05, 0) is 37.4 Å². The largest absolute Gasteiger partial charge is 0.367 e. The van der Waals surface area contributed by atoms with E-state index in [1.54, 1.807) is 0 Å². The van der Waals surface area contributed by atoms with Crippen LogP contribution in [0.2, 0.25) is 0 Å². The molecule has 0 radical (unpaired) electrons. The van der Waals surface area contributed by atoms with Gasteiger partial charge in [0.1, 0.15) is 0 Å². The van der Waals surface area contributed by atoms with Crippen molar-refractivity contribution in [2.24, 2.45) is 0 Å². The Morgan fingerprint density at radius 2 is 2.54 bits per heavy atom. The highest BCUT2D eigenvalue weighted by Gasteiger charge is 2.22. The molecule has 72 valence electrons. The molecule has 1 saturated heterocycles. The van der Waals surface area contributed by atoms with Crippen molar-refractivity contribution in [2.45, 2.75) is 38.8 Å². The first-order valence-corrected chi connectivity index (χ1v) is 5.26. The Bertz CT molecular complexity index is 241. The van der Waals surface area contributed by atoms with Crippen LogP contribution in [0, 0.1) is 0 Å². The molecule has 2 nitrogen and oxygen atoms in total. The lowest BCUT2D eigenvalue weighted by atomic mass is 10.1. The summed E-state index contributed by atoms with van der Waals surface area (Å²) in [7, 11) is 0. The molecule has 1 fully saturated rings. The summed E-state index contributed by atoms with van der Waals surface area (Å²) < 4.78 is 0. The standard InChI is InChI=1S/C11H18N2/c1-2-11-4-3-7-13(11)9-10-5-6-12-8-10/h5-6,8,11-12H,2-4,7,9H2,1H3. The molecular weight excluding hydrogens is 160 g/mol. The number of rotatable bonds is 3. The molecule has 0 aromatic carbocycles. The SMILES string of the molecule is CCC1CCCN1Cc1cc[nH]c1. The molecule has 1 atom stereocenters. The quantitative estimate of drug-likeness (QED) is 0.753. The third-order valence-electron chi connectivity index (χ3n) is 3.02. The zero-order valence-electron chi connectivity index (χ0n) is 8.29. The Hall–Kier alpha value is -0.760. The molecule has 13 heavy (non-hydrogen) atoms. The molecule has 2 rings (SSSR count). The molecular formula is C11H18N2. The van der Waals surface area contributed by atoms with Crippen LogP contribution < -0.4 is 0 Å². The van der Waals surface area contributed by atoms with E-state index in [9.17, 15) is 0 Å². The van der Waals surface area contributed by atoms with Gasteiger partial charge in [-0.2, -0.15) is 0 Å². The van der Waals surface area contributed by atoms with Gasteiger partial charge in [0.2, 0.25) is 0 Å². The molecule has 1 aliphatic rings. The van der Waals surface area contributed by atoms with Gasteiger partial charge in [-0.3, -0.25) is 4.90 Å². The number of hydrogen-bond donors (Lipinski definition) is 1. The molecule has 0 amide bonds. The Balaban J connectivity index is 1.94. The van der Waals surface area contributed by atoms with E-state index < -0.39 is 0 Å². The fourth-order valence-corrected chi connectivity index (χ4v) is 2.26. The monoisotopic (exact) mass is 178 g/mol. The summed E-state index contributed by atoms with van der Waals surface area (Å²) in [6.07, 6.45) is 8.17. The molecule has 1 unspecified atom stereocenters. The van der Waals surface area contributed by atoms with Crippen molar-refractivity contribution in [3.05, 3.63) is 24.0 Å². The predicted molar refractivity (Wildman–Crippen MR) is 54.5 cm³/mol. The van der Waals surface area contributed by atoms with Gasteiger partial charge in [0.25, 0.3) is 0 Å². The summed E-state index contributed by atoms with van der Waals surface area (Å²) in [6, 6.07) is 3.00. The molecule has 2 heteroatoms. The normalized spacial score (nSPS) is 23.9. The van der Waals surface area contributed by atoms with Crippen LogP contribution in [-0.2, 0) is 6.54 Å². The lowest BCUT2D eigenvalue weighted by Gasteiger charge is -2.22. The molecule has 1 aromatic heterocycles. The van der Waals surface area contributed by atoms with Crippen molar-refractivity contribution in [2.75, 3.05) is 6.54 Å². The van der Waals surface area contributed by atoms with Gasteiger partial charge in [-0.15, -0.1) is 0 Å². The van der Waals surface area contributed by atoms with Gasteiger partial charge in [-0.25, -0.2) is 0 Å². The summed E-state index contributed by atoms with van der Waals surface area (Å²) >= 11 is 0. The number of nitrogens with one attached hydrogen (secondary N) is 1. The second-order valence-corrected chi connectivity index (χ2v) is 3.89. The average molecular weight is 178 g/mol. The second-order valence-electron chi connectivity index (χ2n) is 3.89. The maximum absolute atomic E-state index is 3.11. The second kappa shape index (κ2) is 3.97. The minimum absolute atomic E-state index is 0.829. The Labute approximate surface area is 79.9 Å². The first-order chi connectivity index (χ1) is 6.40. The Morgan fingerprint density at radius 3 is 3.23 bits per heavy atom. The predicted octanol–water partition coefficient (Wildman–Crippen LogP) is 2.39. The van der Waals surface area contributed by atoms with Gasteiger partial charge >= 0.3 is 0 Å². The summed E-state index contributed by atoms with van der Waals surface area (Å²) in [6.45, 7) is 4.70. The van der Waals surface area contributed by atoms with Crippen LogP contribution in [0.25, 0.3) is 0 Å². The van der Waals surface area contributed by atoms with Gasteiger partial charge in [0.15, 0.2) is 0 Å². The van der Waals surface area contributed by atoms with Gasteiger partial charge < -0.3 is 4.98 Å². The summed E-state index contributed by atoms with van der Waals surface area (Å²) in [4.78, 5) is 5.71. The third kappa shape index (κ3) is 1.94. The van der Waals surface area contributed by atoms with Crippen molar-refractivity contribution in [1.29, 1.82) is 0 Å². The molecule has 1 N–H and O–H groups in total. The van der Waals surface area contributed by atoms with Gasteiger partial charge in [0, 0.05) is 25.0 Å². The molecule has 0 spiro atoms. The van der Waals surface area contributed by atoms with Gasteiger partial charge in [0.05, 0.1) is 0 Å². The van der Waals surface area contributed by atoms with Crippen LogP contribution in [0.4, 0.5) is 0 Å². The number of aromatic amines is 1. The lowest BCUT2D eigenvalue weighted by Crippen LogP contribution is -2.27. The molecule has 1 aromatic rings. The molecule has 0 bridgehead atoms. The van der Waals surface area contributed by atoms with Crippen LogP contribution in [0.1, 0.15) is 31.7 Å². The first kappa shape index (κ1) is 8.82. The Morgan fingerprint density at radius 1 is 1.62 bits per heavy atom. The van der Waals surface area contributed by atoms with E-state index in [0.29, 0.717) is 0 Å². The maximum Gasteiger partial charge on any atom is 0.0251 e. The molecule has 0 aliphatic carbocycles. The number of hydrogen-bond acceptors (Lipinski definition) is 1. The highest BCUT2D eigenvalue weighted by molar-refractivity contribution is 5.08. The maximum atomic E-state index is 3.11. The van der Waals surface area contributed by atoms with E-state index >= 15 is 0 Å². The van der Waals surface area contributed by atoms with Crippen LogP contribution >= 0.6 is 0 Å². The zero-order chi connectivity index (χ0) is 9.10. The number of nitrogens with zero attached hydrogens (tertiary/aromatic N) is 1. The smallest absolute Gasteiger partial charge is 0.0251 e. The highest BCUT2D eigenvalue weighted by atomic mass is 15.2. The summed E-state index contributed by atoms with van der Waals surface area (Å²) in [5.41, 5.74) is 1.42. The van der Waals surface area contributed by atoms with E-state index in [4.69, 9.17) is 0 Å². The van der Waals surface area contributed by atoms with E-state index in [-0.39, 0.29) is 0 Å². The Kier molecular flexibility index (Phi) is 2.69. The van der Waals surface area contributed by atoms with Crippen molar-refractivity contribution in [3.8, 4) is 0 Å². The van der Waals surface area contributed by atoms with Crippen LogP contribution in [0.15, 0.2) is 18.5 Å². The minimum Gasteiger partial charge on any atom is -0.367 e. The van der Waals surface area contributed by atoms with Crippen molar-refractivity contribution >= 4 is 0 Å². The average Bonchev–Trinajstić information content (AvgIpc) is 2.76. The van der Waals surface area contributed by atoms with Crippen LogP contribution in [-0.4, -0.2) is 22.5 Å². The van der Waals surface area contributed by atoms with E-state index in [1.807, 2.05) is 6.20 Å². The van der Waals surface area contributed by atoms with E-state index in [2.05, 4.69) is 29.1 Å². The van der Waals surface area contributed by atoms with E-state index in [1.165, 1.54) is 31.4 Å². The van der Waals surface area contributed by atoms with Crippen molar-refractivity contribution in [1.82, 2.24) is 9.88 Å². The van der Waals surface area contributed by atoms with Crippen molar-refractivity contribution in [3.63, 3.8) is 0 Å².